The van der Waals surface area contributed by atoms with Gasteiger partial charge in [-0.15, -0.1) is 0 Å². The van der Waals surface area contributed by atoms with Crippen LogP contribution in [0.15, 0.2) is 83.3 Å². The zero-order chi connectivity index (χ0) is 24.3. The van der Waals surface area contributed by atoms with Crippen molar-refractivity contribution in [3.8, 4) is 5.75 Å². The monoisotopic (exact) mass is 528 g/mol. The van der Waals surface area contributed by atoms with E-state index in [0.717, 1.165) is 15.7 Å². The summed E-state index contributed by atoms with van der Waals surface area (Å²) in [7, 11) is 1.56. The molecule has 3 aliphatic rings. The number of rotatable bonds is 4. The first kappa shape index (κ1) is 21.8. The molecule has 2 saturated heterocycles. The molecule has 3 heterocycles. The van der Waals surface area contributed by atoms with Gasteiger partial charge in [0.2, 0.25) is 11.8 Å². The van der Waals surface area contributed by atoms with E-state index in [4.69, 9.17) is 4.74 Å². The summed E-state index contributed by atoms with van der Waals surface area (Å²) in [6.07, 6.45) is 3.94. The van der Waals surface area contributed by atoms with Gasteiger partial charge in [-0.2, -0.15) is 0 Å². The topological polar surface area (TPSA) is 66.9 Å². The first-order valence-electron chi connectivity index (χ1n) is 11.4. The summed E-state index contributed by atoms with van der Waals surface area (Å²) in [5.41, 5.74) is 2.82. The number of hydrogen-bond donors (Lipinski definition) is 0. The van der Waals surface area contributed by atoms with Gasteiger partial charge in [0.15, 0.2) is 5.78 Å². The normalized spacial score (nSPS) is 24.3. The Hall–Kier alpha value is -3.71. The molecule has 35 heavy (non-hydrogen) atoms. The lowest BCUT2D eigenvalue weighted by atomic mass is 9.86. The van der Waals surface area contributed by atoms with Gasteiger partial charge in [-0.05, 0) is 48.0 Å². The third kappa shape index (κ3) is 3.26. The second-order valence-electron chi connectivity index (χ2n) is 8.89. The van der Waals surface area contributed by atoms with Crippen molar-refractivity contribution in [1.82, 2.24) is 0 Å². The van der Waals surface area contributed by atoms with Gasteiger partial charge in [-0.3, -0.25) is 14.4 Å². The summed E-state index contributed by atoms with van der Waals surface area (Å²) in [5.74, 6) is -1.61. The fraction of sp³-hybridized carbons (Fsp3) is 0.179. The van der Waals surface area contributed by atoms with Crippen LogP contribution in [0.5, 0.6) is 5.75 Å². The van der Waals surface area contributed by atoms with E-state index in [-0.39, 0.29) is 23.6 Å². The van der Waals surface area contributed by atoms with Crippen LogP contribution < -0.4 is 14.5 Å². The van der Waals surface area contributed by atoms with Crippen molar-refractivity contribution in [1.29, 1.82) is 0 Å². The summed E-state index contributed by atoms with van der Waals surface area (Å²) in [4.78, 5) is 44.8. The molecule has 0 spiro atoms. The van der Waals surface area contributed by atoms with Crippen LogP contribution in [0, 0.1) is 11.8 Å². The van der Waals surface area contributed by atoms with Gasteiger partial charge in [-0.25, -0.2) is 4.90 Å². The first-order chi connectivity index (χ1) is 17.0. The van der Waals surface area contributed by atoms with Gasteiger partial charge >= 0.3 is 0 Å². The Kier molecular flexibility index (Phi) is 5.11. The van der Waals surface area contributed by atoms with Gasteiger partial charge in [0.05, 0.1) is 30.7 Å². The molecule has 0 bridgehead atoms. The Morgan fingerprint density at radius 3 is 2.29 bits per heavy atom. The van der Waals surface area contributed by atoms with Crippen molar-refractivity contribution in [2.75, 3.05) is 16.9 Å². The van der Waals surface area contributed by atoms with Crippen molar-refractivity contribution in [3.05, 3.63) is 94.5 Å². The van der Waals surface area contributed by atoms with E-state index in [1.54, 1.807) is 43.5 Å². The maximum atomic E-state index is 14.0. The fourth-order valence-corrected chi connectivity index (χ4v) is 5.85. The summed E-state index contributed by atoms with van der Waals surface area (Å²) < 4.78 is 6.08. The Balaban J connectivity index is 1.47. The minimum atomic E-state index is -0.794. The second kappa shape index (κ2) is 8.20. The molecule has 4 atom stereocenters. The third-order valence-corrected chi connectivity index (χ3v) is 7.67. The Morgan fingerprint density at radius 1 is 0.886 bits per heavy atom. The SMILES string of the molecule is COc1ccc(N2C(=O)[C@@H]3[C@H](C2=O)[C@H](C(=O)c2ccc(Br)cc2)N2c4ccccc4C=C[C@H]32)cc1. The summed E-state index contributed by atoms with van der Waals surface area (Å²) in [5, 5.41) is 0. The quantitative estimate of drug-likeness (QED) is 0.361. The molecule has 6 nitrogen and oxygen atoms in total. The Morgan fingerprint density at radius 2 is 1.57 bits per heavy atom. The number of carbonyl (C=O) groups excluding carboxylic acids is 3. The van der Waals surface area contributed by atoms with E-state index >= 15 is 0 Å². The number of fused-ring (bicyclic) bond motifs is 5. The first-order valence-corrected chi connectivity index (χ1v) is 12.2. The van der Waals surface area contributed by atoms with E-state index in [2.05, 4.69) is 15.9 Å². The number of anilines is 2. The summed E-state index contributed by atoms with van der Waals surface area (Å²) in [6.45, 7) is 0. The van der Waals surface area contributed by atoms with Crippen molar-refractivity contribution in [3.63, 3.8) is 0 Å². The number of amides is 2. The molecule has 3 aromatic carbocycles. The number of nitrogens with zero attached hydrogens (tertiary/aromatic N) is 2. The lowest BCUT2D eigenvalue weighted by Gasteiger charge is -2.36. The molecular formula is C28H21BrN2O4. The number of halogens is 1. The van der Waals surface area contributed by atoms with E-state index in [0.29, 0.717) is 17.0 Å². The molecule has 0 aliphatic carbocycles. The van der Waals surface area contributed by atoms with E-state index in [1.165, 1.54) is 4.90 Å². The highest BCUT2D eigenvalue weighted by Gasteiger charge is 2.64. The Labute approximate surface area is 210 Å². The van der Waals surface area contributed by atoms with E-state index in [9.17, 15) is 14.4 Å². The molecule has 7 heteroatoms. The molecule has 174 valence electrons. The number of imide groups is 1. The van der Waals surface area contributed by atoms with Crippen molar-refractivity contribution in [2.45, 2.75) is 12.1 Å². The molecule has 0 aromatic heterocycles. The maximum absolute atomic E-state index is 14.0. The van der Waals surface area contributed by atoms with Crippen LogP contribution in [0.25, 0.3) is 6.08 Å². The minimum Gasteiger partial charge on any atom is -0.497 e. The van der Waals surface area contributed by atoms with Crippen molar-refractivity contribution >= 4 is 51.0 Å². The van der Waals surface area contributed by atoms with Crippen LogP contribution in [0.1, 0.15) is 15.9 Å². The molecule has 2 amide bonds. The van der Waals surface area contributed by atoms with E-state index < -0.39 is 17.9 Å². The highest BCUT2D eigenvalue weighted by atomic mass is 79.9. The molecule has 0 radical (unpaired) electrons. The summed E-state index contributed by atoms with van der Waals surface area (Å²) >= 11 is 3.42. The van der Waals surface area contributed by atoms with E-state index in [1.807, 2.05) is 53.5 Å². The molecule has 0 N–H and O–H groups in total. The number of ether oxygens (including phenoxy) is 1. The smallest absolute Gasteiger partial charge is 0.240 e. The number of methoxy groups -OCH3 is 1. The predicted molar refractivity (Wildman–Crippen MR) is 136 cm³/mol. The number of Topliss-reactive ketones (excluding diaryl/α,β-unsaturated/α-hetero) is 1. The van der Waals surface area contributed by atoms with Gasteiger partial charge in [-0.1, -0.05) is 58.4 Å². The van der Waals surface area contributed by atoms with Crippen molar-refractivity contribution < 1.29 is 19.1 Å². The van der Waals surface area contributed by atoms with Crippen LogP contribution in [-0.4, -0.2) is 36.8 Å². The standard InChI is InChI=1S/C28H21BrN2O4/c1-35-20-13-11-19(12-14-20)30-27(33)23-22-15-8-16-4-2-3-5-21(16)31(22)25(24(23)28(30)34)26(32)17-6-9-18(29)10-7-17/h2-15,22-25H,1H3/t22-,23+,24+,25-/m1/s1. The third-order valence-electron chi connectivity index (χ3n) is 7.14. The molecule has 3 aromatic rings. The van der Waals surface area contributed by atoms with Gasteiger partial charge in [0, 0.05) is 15.7 Å². The average Bonchev–Trinajstić information content (AvgIpc) is 3.37. The lowest BCUT2D eigenvalue weighted by molar-refractivity contribution is -0.122. The zero-order valence-corrected chi connectivity index (χ0v) is 20.4. The number of benzene rings is 3. The minimum absolute atomic E-state index is 0.169. The zero-order valence-electron chi connectivity index (χ0n) is 18.8. The van der Waals surface area contributed by atoms with Gasteiger partial charge < -0.3 is 9.64 Å². The van der Waals surface area contributed by atoms with Crippen LogP contribution in [0.4, 0.5) is 11.4 Å². The second-order valence-corrected chi connectivity index (χ2v) is 9.81. The highest BCUT2D eigenvalue weighted by molar-refractivity contribution is 9.10. The fourth-order valence-electron chi connectivity index (χ4n) is 5.58. The predicted octanol–water partition coefficient (Wildman–Crippen LogP) is 4.73. The Bertz CT molecular complexity index is 1380. The van der Waals surface area contributed by atoms with Crippen molar-refractivity contribution in [2.24, 2.45) is 11.8 Å². The van der Waals surface area contributed by atoms with Crippen LogP contribution in [0.3, 0.4) is 0 Å². The van der Waals surface area contributed by atoms with Crippen LogP contribution >= 0.6 is 15.9 Å². The van der Waals surface area contributed by atoms with Crippen LogP contribution in [0.2, 0.25) is 0 Å². The molecule has 0 saturated carbocycles. The molecule has 2 fully saturated rings. The average molecular weight is 529 g/mol. The summed E-state index contributed by atoms with van der Waals surface area (Å²) in [6, 6.07) is 20.6. The molecule has 6 rings (SSSR count). The van der Waals surface area contributed by atoms with Crippen LogP contribution in [-0.2, 0) is 9.59 Å². The van der Waals surface area contributed by atoms with Gasteiger partial charge in [0.1, 0.15) is 11.8 Å². The largest absolute Gasteiger partial charge is 0.497 e. The number of para-hydroxylation sites is 1. The molecule has 3 aliphatic heterocycles. The molecule has 0 unspecified atom stereocenters. The number of hydrogen-bond acceptors (Lipinski definition) is 5. The highest BCUT2D eigenvalue weighted by Crippen LogP contribution is 2.49. The van der Waals surface area contributed by atoms with Gasteiger partial charge in [0.25, 0.3) is 0 Å². The number of carbonyl (C=O) groups is 3. The maximum Gasteiger partial charge on any atom is 0.240 e. The molecular weight excluding hydrogens is 508 g/mol. The number of ketones is 1. The lowest BCUT2D eigenvalue weighted by Crippen LogP contribution is -2.48.